The zero-order valence-corrected chi connectivity index (χ0v) is 9.55. The van der Waals surface area contributed by atoms with Crippen LogP contribution in [0.1, 0.15) is 30.1 Å². The van der Waals surface area contributed by atoms with Gasteiger partial charge in [-0.15, -0.1) is 0 Å². The summed E-state index contributed by atoms with van der Waals surface area (Å²) in [5.74, 6) is -1.34. The molecule has 0 radical (unpaired) electrons. The van der Waals surface area contributed by atoms with Gasteiger partial charge in [-0.05, 0) is 18.6 Å². The Balaban J connectivity index is 2.66. The minimum Gasteiger partial charge on any atom is -0.494 e. The smallest absolute Gasteiger partial charge is 0.341 e. The van der Waals surface area contributed by atoms with Gasteiger partial charge in [0.25, 0.3) is 0 Å². The van der Waals surface area contributed by atoms with E-state index >= 15 is 0 Å². The van der Waals surface area contributed by atoms with Gasteiger partial charge in [-0.3, -0.25) is 4.57 Å². The molecule has 2 heterocycles. The average Bonchev–Trinajstić information content (AvgIpc) is 2.58. The predicted octanol–water partition coefficient (Wildman–Crippen LogP) is 2.24. The van der Waals surface area contributed by atoms with E-state index < -0.39 is 5.97 Å². The highest BCUT2D eigenvalue weighted by molar-refractivity contribution is 6.05. The van der Waals surface area contributed by atoms with Crippen molar-refractivity contribution < 1.29 is 15.0 Å². The van der Waals surface area contributed by atoms with E-state index in [1.54, 1.807) is 22.9 Å². The highest BCUT2D eigenvalue weighted by atomic mass is 16.4. The average molecular weight is 234 g/mol. The van der Waals surface area contributed by atoms with Crippen LogP contribution in [0.3, 0.4) is 0 Å². The second-order valence-corrected chi connectivity index (χ2v) is 3.88. The molecule has 2 aromatic heterocycles. The van der Waals surface area contributed by atoms with Crippen molar-refractivity contribution >= 4 is 17.0 Å². The van der Waals surface area contributed by atoms with Gasteiger partial charge < -0.3 is 10.2 Å². The first-order valence-electron chi connectivity index (χ1n) is 5.56. The molecule has 2 rings (SSSR count). The fourth-order valence-electron chi connectivity index (χ4n) is 1.90. The summed E-state index contributed by atoms with van der Waals surface area (Å²) in [7, 11) is 0. The van der Waals surface area contributed by atoms with E-state index in [-0.39, 0.29) is 11.4 Å². The number of hydrogen-bond donors (Lipinski definition) is 2. The molecule has 5 heteroatoms. The third-order valence-corrected chi connectivity index (χ3v) is 2.74. The number of pyridine rings is 1. The fourth-order valence-corrected chi connectivity index (χ4v) is 1.90. The number of rotatable bonds is 4. The third kappa shape index (κ3) is 1.84. The normalized spacial score (nSPS) is 10.9. The molecule has 0 aliphatic carbocycles. The van der Waals surface area contributed by atoms with Crippen molar-refractivity contribution in [1.29, 1.82) is 0 Å². The molecule has 5 nitrogen and oxygen atoms in total. The van der Waals surface area contributed by atoms with Crippen LogP contribution in [-0.4, -0.2) is 25.7 Å². The van der Waals surface area contributed by atoms with Crippen LogP contribution in [0, 0.1) is 0 Å². The SMILES string of the molecule is CCCCn1c(O)c(C(=O)O)c2cccnc21. The lowest BCUT2D eigenvalue weighted by Crippen LogP contribution is -1.99. The Morgan fingerprint density at radius 3 is 2.94 bits per heavy atom. The summed E-state index contributed by atoms with van der Waals surface area (Å²) < 4.78 is 1.56. The molecule has 2 N–H and O–H groups in total. The zero-order valence-electron chi connectivity index (χ0n) is 9.55. The lowest BCUT2D eigenvalue weighted by atomic mass is 10.2. The number of carbonyl (C=O) groups is 1. The Morgan fingerprint density at radius 1 is 1.53 bits per heavy atom. The molecule has 90 valence electrons. The van der Waals surface area contributed by atoms with Crippen LogP contribution in [-0.2, 0) is 6.54 Å². The van der Waals surface area contributed by atoms with E-state index in [2.05, 4.69) is 4.98 Å². The Kier molecular flexibility index (Phi) is 2.99. The highest BCUT2D eigenvalue weighted by Gasteiger charge is 2.21. The van der Waals surface area contributed by atoms with Gasteiger partial charge in [-0.2, -0.15) is 0 Å². The first kappa shape index (κ1) is 11.4. The third-order valence-electron chi connectivity index (χ3n) is 2.74. The van der Waals surface area contributed by atoms with Crippen molar-refractivity contribution in [3.8, 4) is 5.88 Å². The number of aromatic carboxylic acids is 1. The molecular formula is C12H14N2O3. The van der Waals surface area contributed by atoms with Gasteiger partial charge >= 0.3 is 5.97 Å². The van der Waals surface area contributed by atoms with E-state index in [1.807, 2.05) is 6.92 Å². The minimum atomic E-state index is -1.13. The van der Waals surface area contributed by atoms with E-state index in [4.69, 9.17) is 5.11 Å². The van der Waals surface area contributed by atoms with Gasteiger partial charge in [0, 0.05) is 18.1 Å². The highest BCUT2D eigenvalue weighted by Crippen LogP contribution is 2.30. The molecule has 0 saturated heterocycles. The van der Waals surface area contributed by atoms with Gasteiger partial charge in [0.15, 0.2) is 0 Å². The molecule has 0 aliphatic heterocycles. The molecule has 0 bridgehead atoms. The molecule has 2 aromatic rings. The molecule has 0 fully saturated rings. The van der Waals surface area contributed by atoms with Crippen LogP contribution in [0.15, 0.2) is 18.3 Å². The molecular weight excluding hydrogens is 220 g/mol. The second-order valence-electron chi connectivity index (χ2n) is 3.88. The van der Waals surface area contributed by atoms with Crippen molar-refractivity contribution in [2.24, 2.45) is 0 Å². The standard InChI is InChI=1S/C12H14N2O3/c1-2-3-7-14-10-8(5-4-6-13-10)9(11(14)15)12(16)17/h4-6,15H,2-3,7H2,1H3,(H,16,17). The molecule has 17 heavy (non-hydrogen) atoms. The maximum atomic E-state index is 11.1. The van der Waals surface area contributed by atoms with Crippen molar-refractivity contribution in [3.63, 3.8) is 0 Å². The quantitative estimate of drug-likeness (QED) is 0.850. The monoisotopic (exact) mass is 234 g/mol. The Labute approximate surface area is 98.3 Å². The largest absolute Gasteiger partial charge is 0.494 e. The van der Waals surface area contributed by atoms with E-state index in [0.717, 1.165) is 12.8 Å². The number of aromatic hydroxyl groups is 1. The van der Waals surface area contributed by atoms with E-state index in [1.165, 1.54) is 0 Å². The first-order valence-corrected chi connectivity index (χ1v) is 5.56. The van der Waals surface area contributed by atoms with Gasteiger partial charge in [0.05, 0.1) is 0 Å². The van der Waals surface area contributed by atoms with Crippen LogP contribution >= 0.6 is 0 Å². The van der Waals surface area contributed by atoms with Crippen molar-refractivity contribution in [2.45, 2.75) is 26.3 Å². The number of fused-ring (bicyclic) bond motifs is 1. The zero-order chi connectivity index (χ0) is 12.4. The fraction of sp³-hybridized carbons (Fsp3) is 0.333. The summed E-state index contributed by atoms with van der Waals surface area (Å²) >= 11 is 0. The summed E-state index contributed by atoms with van der Waals surface area (Å²) in [5.41, 5.74) is 0.458. The van der Waals surface area contributed by atoms with E-state index in [9.17, 15) is 9.90 Å². The van der Waals surface area contributed by atoms with E-state index in [0.29, 0.717) is 17.6 Å². The Bertz CT molecular complexity index is 560. The summed E-state index contributed by atoms with van der Waals surface area (Å²) in [6.07, 6.45) is 3.43. The van der Waals surface area contributed by atoms with Gasteiger partial charge in [-0.25, -0.2) is 9.78 Å². The Hall–Kier alpha value is -2.04. The molecule has 0 aromatic carbocycles. The molecule has 0 spiro atoms. The number of aromatic nitrogens is 2. The second kappa shape index (κ2) is 4.45. The predicted molar refractivity (Wildman–Crippen MR) is 63.3 cm³/mol. The number of unbranched alkanes of at least 4 members (excludes halogenated alkanes) is 1. The number of carboxylic acids is 1. The summed E-state index contributed by atoms with van der Waals surface area (Å²) in [4.78, 5) is 15.3. The molecule has 0 aliphatic rings. The Morgan fingerprint density at radius 2 is 2.29 bits per heavy atom. The van der Waals surface area contributed by atoms with Gasteiger partial charge in [0.1, 0.15) is 11.2 Å². The van der Waals surface area contributed by atoms with Crippen LogP contribution in [0.4, 0.5) is 0 Å². The number of nitrogens with zero attached hydrogens (tertiary/aromatic N) is 2. The van der Waals surface area contributed by atoms with Crippen molar-refractivity contribution in [2.75, 3.05) is 0 Å². The molecule has 0 unspecified atom stereocenters. The van der Waals surface area contributed by atoms with Crippen molar-refractivity contribution in [1.82, 2.24) is 9.55 Å². The minimum absolute atomic E-state index is 0.0656. The van der Waals surface area contributed by atoms with Crippen molar-refractivity contribution in [3.05, 3.63) is 23.9 Å². The summed E-state index contributed by atoms with van der Waals surface area (Å²) in [6, 6.07) is 3.33. The van der Waals surface area contributed by atoms with Crippen LogP contribution in [0.5, 0.6) is 5.88 Å². The van der Waals surface area contributed by atoms with Crippen LogP contribution in [0.25, 0.3) is 11.0 Å². The topological polar surface area (TPSA) is 75.4 Å². The van der Waals surface area contributed by atoms with Crippen LogP contribution in [0.2, 0.25) is 0 Å². The molecule has 0 saturated carbocycles. The van der Waals surface area contributed by atoms with Gasteiger partial charge in [-0.1, -0.05) is 13.3 Å². The lowest BCUT2D eigenvalue weighted by molar-refractivity contribution is 0.0695. The van der Waals surface area contributed by atoms with Gasteiger partial charge in [0.2, 0.25) is 5.88 Å². The summed E-state index contributed by atoms with van der Waals surface area (Å²) in [5, 5.41) is 19.5. The summed E-state index contributed by atoms with van der Waals surface area (Å²) in [6.45, 7) is 2.61. The maximum absolute atomic E-state index is 11.1. The molecule has 0 atom stereocenters. The van der Waals surface area contributed by atoms with Crippen LogP contribution < -0.4 is 0 Å². The number of aryl methyl sites for hydroxylation is 1. The number of hydrogen-bond acceptors (Lipinski definition) is 3. The maximum Gasteiger partial charge on any atom is 0.341 e. The lowest BCUT2D eigenvalue weighted by Gasteiger charge is -2.04. The molecule has 0 amide bonds. The number of carboxylic acid groups (broad SMARTS) is 1. The first-order chi connectivity index (χ1) is 8.16.